The van der Waals surface area contributed by atoms with E-state index in [-0.39, 0.29) is 5.91 Å². The average molecular weight is 447 g/mol. The summed E-state index contributed by atoms with van der Waals surface area (Å²) < 4.78 is 27.4. The van der Waals surface area contributed by atoms with Crippen LogP contribution in [0.4, 0.5) is 0 Å². The van der Waals surface area contributed by atoms with Crippen molar-refractivity contribution in [3.63, 3.8) is 0 Å². The molecule has 7 nitrogen and oxygen atoms in total. The molecule has 0 saturated carbocycles. The first kappa shape index (κ1) is 22.1. The minimum atomic E-state index is -0.224. The Balaban J connectivity index is 1.69. The van der Waals surface area contributed by atoms with Gasteiger partial charge in [0.15, 0.2) is 11.5 Å². The molecule has 0 radical (unpaired) electrons. The Morgan fingerprint density at radius 3 is 2.45 bits per heavy atom. The van der Waals surface area contributed by atoms with Gasteiger partial charge in [0.2, 0.25) is 5.91 Å². The molecule has 1 amide bonds. The van der Waals surface area contributed by atoms with Gasteiger partial charge in [0, 0.05) is 28.7 Å². The first-order valence-electron chi connectivity index (χ1n) is 10.3. The van der Waals surface area contributed by atoms with Crippen molar-refractivity contribution in [3.05, 3.63) is 72.4 Å². The minimum absolute atomic E-state index is 0.224. The molecule has 4 aromatic rings. The van der Waals surface area contributed by atoms with E-state index < -0.39 is 0 Å². The number of ether oxygens (including phenoxy) is 3. The number of nitrogens with one attached hydrogen (secondary N) is 1. The van der Waals surface area contributed by atoms with Gasteiger partial charge in [0.25, 0.3) is 0 Å². The average Bonchev–Trinajstić information content (AvgIpc) is 3.51. The number of carbonyl (C=O) groups is 1. The van der Waals surface area contributed by atoms with Crippen molar-refractivity contribution < 1.29 is 27.8 Å². The number of furan rings is 2. The predicted molar refractivity (Wildman–Crippen MR) is 126 cm³/mol. The van der Waals surface area contributed by atoms with Gasteiger partial charge in [-0.15, -0.1) is 0 Å². The second-order valence-corrected chi connectivity index (χ2v) is 7.39. The quantitative estimate of drug-likeness (QED) is 0.362. The van der Waals surface area contributed by atoms with Gasteiger partial charge in [-0.05, 0) is 48.4 Å². The first-order chi connectivity index (χ1) is 16.0. The highest BCUT2D eigenvalue weighted by Crippen LogP contribution is 2.39. The SMILES string of the molecule is COc1ccc(-c2coc3cc(OC)c(/C(C)=C/C(=O)NCc4ccco4)cc23)cc1OC. The van der Waals surface area contributed by atoms with Crippen molar-refractivity contribution in [2.24, 2.45) is 0 Å². The van der Waals surface area contributed by atoms with E-state index in [1.165, 1.54) is 0 Å². The Morgan fingerprint density at radius 2 is 1.76 bits per heavy atom. The molecule has 2 heterocycles. The molecule has 0 unspecified atom stereocenters. The largest absolute Gasteiger partial charge is 0.496 e. The lowest BCUT2D eigenvalue weighted by molar-refractivity contribution is -0.116. The van der Waals surface area contributed by atoms with E-state index in [9.17, 15) is 4.79 Å². The van der Waals surface area contributed by atoms with Crippen LogP contribution in [0.3, 0.4) is 0 Å². The number of amides is 1. The van der Waals surface area contributed by atoms with Crippen LogP contribution in [0, 0.1) is 0 Å². The van der Waals surface area contributed by atoms with Gasteiger partial charge in [0.05, 0.1) is 40.4 Å². The summed E-state index contributed by atoms with van der Waals surface area (Å²) in [7, 11) is 4.79. The fourth-order valence-electron chi connectivity index (χ4n) is 3.67. The molecule has 33 heavy (non-hydrogen) atoms. The molecular formula is C26H25NO6. The lowest BCUT2D eigenvalue weighted by atomic mass is 9.99. The smallest absolute Gasteiger partial charge is 0.244 e. The van der Waals surface area contributed by atoms with E-state index in [4.69, 9.17) is 23.0 Å². The zero-order valence-electron chi connectivity index (χ0n) is 18.9. The van der Waals surface area contributed by atoms with Gasteiger partial charge in [-0.25, -0.2) is 0 Å². The van der Waals surface area contributed by atoms with Gasteiger partial charge in [-0.3, -0.25) is 4.79 Å². The van der Waals surface area contributed by atoms with E-state index in [2.05, 4.69) is 5.32 Å². The molecule has 0 spiro atoms. The predicted octanol–water partition coefficient (Wildman–Crippen LogP) is 5.44. The number of rotatable bonds is 8. The Morgan fingerprint density at radius 1 is 0.970 bits per heavy atom. The third-order valence-corrected chi connectivity index (χ3v) is 5.38. The number of fused-ring (bicyclic) bond motifs is 1. The van der Waals surface area contributed by atoms with Crippen molar-refractivity contribution in [1.82, 2.24) is 5.32 Å². The molecule has 2 aromatic carbocycles. The highest BCUT2D eigenvalue weighted by atomic mass is 16.5. The van der Waals surface area contributed by atoms with Crippen molar-refractivity contribution >= 4 is 22.4 Å². The van der Waals surface area contributed by atoms with E-state index in [0.717, 1.165) is 27.6 Å². The number of carbonyl (C=O) groups excluding carboxylic acids is 1. The molecule has 0 atom stereocenters. The number of methoxy groups -OCH3 is 3. The third kappa shape index (κ3) is 4.57. The summed E-state index contributed by atoms with van der Waals surface area (Å²) in [5.74, 6) is 2.35. The molecule has 1 N–H and O–H groups in total. The molecule has 0 aliphatic heterocycles. The molecule has 0 saturated heterocycles. The van der Waals surface area contributed by atoms with Crippen LogP contribution in [0.5, 0.6) is 17.2 Å². The maximum absolute atomic E-state index is 12.4. The molecule has 170 valence electrons. The molecule has 2 aromatic heterocycles. The normalized spacial score (nSPS) is 11.5. The third-order valence-electron chi connectivity index (χ3n) is 5.38. The standard InChI is InChI=1S/C26H25NO6/c1-16(10-26(28)27-14-18-6-5-9-32-18)19-12-20-21(15-33-24(20)13-23(19)30-3)17-7-8-22(29-2)25(11-17)31-4/h5-13,15H,14H2,1-4H3,(H,27,28)/b16-10+. The maximum Gasteiger partial charge on any atom is 0.244 e. The van der Waals surface area contributed by atoms with Crippen LogP contribution >= 0.6 is 0 Å². The lowest BCUT2D eigenvalue weighted by Crippen LogP contribution is -2.20. The topological polar surface area (TPSA) is 83.1 Å². The number of hydrogen-bond donors (Lipinski definition) is 1. The van der Waals surface area contributed by atoms with Crippen LogP contribution in [-0.4, -0.2) is 27.2 Å². The maximum atomic E-state index is 12.4. The van der Waals surface area contributed by atoms with Gasteiger partial charge in [0.1, 0.15) is 17.1 Å². The van der Waals surface area contributed by atoms with Gasteiger partial charge in [-0.2, -0.15) is 0 Å². The summed E-state index contributed by atoms with van der Waals surface area (Å²) in [5, 5.41) is 3.71. The van der Waals surface area contributed by atoms with Crippen LogP contribution in [0.25, 0.3) is 27.7 Å². The molecule has 0 aliphatic rings. The van der Waals surface area contributed by atoms with Crippen LogP contribution in [0.15, 0.2) is 69.9 Å². The highest BCUT2D eigenvalue weighted by Gasteiger charge is 2.16. The molecular weight excluding hydrogens is 422 g/mol. The van der Waals surface area contributed by atoms with E-state index >= 15 is 0 Å². The first-order valence-corrected chi connectivity index (χ1v) is 10.3. The molecule has 0 bridgehead atoms. The summed E-state index contributed by atoms with van der Waals surface area (Å²) in [6.45, 7) is 2.18. The van der Waals surface area contributed by atoms with Crippen LogP contribution in [0.2, 0.25) is 0 Å². The molecule has 7 heteroatoms. The highest BCUT2D eigenvalue weighted by molar-refractivity contribution is 6.00. The number of allylic oxidation sites excluding steroid dienone is 1. The van der Waals surface area contributed by atoms with Crippen LogP contribution in [-0.2, 0) is 11.3 Å². The van der Waals surface area contributed by atoms with Crippen molar-refractivity contribution in [3.8, 4) is 28.4 Å². The fraction of sp³-hybridized carbons (Fsp3) is 0.192. The summed E-state index contributed by atoms with van der Waals surface area (Å²) in [6.07, 6.45) is 4.82. The van der Waals surface area contributed by atoms with Gasteiger partial charge in [-0.1, -0.05) is 6.07 Å². The summed E-state index contributed by atoms with van der Waals surface area (Å²) >= 11 is 0. The van der Waals surface area contributed by atoms with E-state index in [1.807, 2.05) is 43.3 Å². The zero-order chi connectivity index (χ0) is 23.4. The van der Waals surface area contributed by atoms with E-state index in [0.29, 0.717) is 35.1 Å². The Hall–Kier alpha value is -4.13. The Labute approximate surface area is 191 Å². The Bertz CT molecular complexity index is 1300. The monoisotopic (exact) mass is 447 g/mol. The minimum Gasteiger partial charge on any atom is -0.496 e. The van der Waals surface area contributed by atoms with Gasteiger partial charge >= 0.3 is 0 Å². The Kier molecular flexibility index (Phi) is 6.40. The van der Waals surface area contributed by atoms with Gasteiger partial charge < -0.3 is 28.4 Å². The van der Waals surface area contributed by atoms with Crippen molar-refractivity contribution in [1.29, 1.82) is 0 Å². The zero-order valence-corrected chi connectivity index (χ0v) is 18.9. The summed E-state index contributed by atoms with van der Waals surface area (Å²) in [5.41, 5.74) is 4.03. The lowest BCUT2D eigenvalue weighted by Gasteiger charge is -2.11. The number of hydrogen-bond acceptors (Lipinski definition) is 6. The molecule has 0 fully saturated rings. The van der Waals surface area contributed by atoms with Crippen LogP contribution < -0.4 is 19.5 Å². The second-order valence-electron chi connectivity index (χ2n) is 7.39. The molecule has 0 aliphatic carbocycles. The van der Waals surface area contributed by atoms with Crippen molar-refractivity contribution in [2.75, 3.05) is 21.3 Å². The summed E-state index contributed by atoms with van der Waals surface area (Å²) in [6, 6.07) is 13.1. The fourth-order valence-corrected chi connectivity index (χ4v) is 3.67. The van der Waals surface area contributed by atoms with E-state index in [1.54, 1.807) is 46.0 Å². The van der Waals surface area contributed by atoms with Crippen molar-refractivity contribution in [2.45, 2.75) is 13.5 Å². The van der Waals surface area contributed by atoms with Crippen LogP contribution in [0.1, 0.15) is 18.2 Å². The summed E-state index contributed by atoms with van der Waals surface area (Å²) in [4.78, 5) is 12.4. The molecule has 4 rings (SSSR count). The second kappa shape index (κ2) is 9.56. The number of benzene rings is 2.